The molecule has 1 saturated carbocycles. The minimum atomic E-state index is -4.54. The van der Waals surface area contributed by atoms with Crippen molar-refractivity contribution in [1.29, 1.82) is 0 Å². The van der Waals surface area contributed by atoms with E-state index in [0.717, 1.165) is 42.7 Å². The lowest BCUT2D eigenvalue weighted by atomic mass is 10.0. The van der Waals surface area contributed by atoms with Gasteiger partial charge in [-0.25, -0.2) is 17.7 Å². The van der Waals surface area contributed by atoms with Crippen molar-refractivity contribution in [3.05, 3.63) is 54.0 Å². The van der Waals surface area contributed by atoms with Crippen LogP contribution in [0.15, 0.2) is 47.8 Å². The maximum Gasteiger partial charge on any atom is 0.416 e. The van der Waals surface area contributed by atoms with Crippen molar-refractivity contribution in [2.75, 3.05) is 4.31 Å². The molecule has 1 atom stereocenters. The average Bonchev–Trinajstić information content (AvgIpc) is 3.16. The number of anilines is 1. The first-order chi connectivity index (χ1) is 13.3. The van der Waals surface area contributed by atoms with Crippen molar-refractivity contribution < 1.29 is 21.6 Å². The molecule has 2 aliphatic rings. The van der Waals surface area contributed by atoms with E-state index in [1.165, 1.54) is 10.5 Å². The Morgan fingerprint density at radius 2 is 1.86 bits per heavy atom. The Morgan fingerprint density at radius 3 is 2.50 bits per heavy atom. The second-order valence-corrected chi connectivity index (χ2v) is 8.69. The van der Waals surface area contributed by atoms with Gasteiger partial charge in [0.05, 0.1) is 22.7 Å². The fourth-order valence-corrected chi connectivity index (χ4v) is 5.27. The molecule has 2 aromatic heterocycles. The monoisotopic (exact) mass is 409 g/mol. The Labute approximate surface area is 157 Å². The number of H-pyrrole nitrogens is 1. The molecular weight excluding hydrogens is 395 g/mol. The first kappa shape index (κ1) is 17.3. The summed E-state index contributed by atoms with van der Waals surface area (Å²) in [5.41, 5.74) is -0.175. The van der Waals surface area contributed by atoms with Crippen LogP contribution in [0.1, 0.15) is 30.0 Å². The summed E-state index contributed by atoms with van der Waals surface area (Å²) in [6.45, 7) is 0. The van der Waals surface area contributed by atoms with E-state index < -0.39 is 27.8 Å². The third-order valence-corrected chi connectivity index (χ3v) is 6.86. The molecule has 28 heavy (non-hydrogen) atoms. The van der Waals surface area contributed by atoms with Crippen LogP contribution < -0.4 is 4.31 Å². The highest BCUT2D eigenvalue weighted by Crippen LogP contribution is 2.51. The zero-order chi connectivity index (χ0) is 19.7. The molecule has 0 saturated heterocycles. The van der Waals surface area contributed by atoms with Gasteiger partial charge in [0.15, 0.2) is 0 Å². The summed E-state index contributed by atoms with van der Waals surface area (Å²) >= 11 is 0. The summed E-state index contributed by atoms with van der Waals surface area (Å²) in [6, 6.07) is 3.02. The molecule has 1 aliphatic carbocycles. The molecule has 1 unspecified atom stereocenters. The van der Waals surface area contributed by atoms with Crippen molar-refractivity contribution in [3.63, 3.8) is 0 Å². The number of sulfonamides is 1. The third-order valence-electron chi connectivity index (χ3n) is 5.09. The maximum absolute atomic E-state index is 13.4. The smallest absolute Gasteiger partial charge is 0.269 e. The molecular formula is C17H14F3N5O2S. The largest absolute Gasteiger partial charge is 0.416 e. The molecule has 7 nitrogen and oxygen atoms in total. The number of halogens is 3. The quantitative estimate of drug-likeness (QED) is 0.720. The highest BCUT2D eigenvalue weighted by molar-refractivity contribution is 7.92. The summed E-state index contributed by atoms with van der Waals surface area (Å²) in [4.78, 5) is 3.99. The number of rotatable bonds is 3. The van der Waals surface area contributed by atoms with Gasteiger partial charge in [0, 0.05) is 18.0 Å². The van der Waals surface area contributed by atoms with Crippen molar-refractivity contribution in [2.45, 2.75) is 30.0 Å². The predicted octanol–water partition coefficient (Wildman–Crippen LogP) is 3.27. The number of fused-ring (bicyclic) bond motifs is 3. The normalized spacial score (nSPS) is 19.4. The number of nitrogens with zero attached hydrogens (tertiary/aromatic N) is 4. The fourth-order valence-electron chi connectivity index (χ4n) is 3.63. The lowest BCUT2D eigenvalue weighted by Crippen LogP contribution is -2.40. The second kappa shape index (κ2) is 5.60. The van der Waals surface area contributed by atoms with Gasteiger partial charge in [-0.05, 0) is 43.0 Å². The van der Waals surface area contributed by atoms with Gasteiger partial charge in [-0.1, -0.05) is 0 Å². The summed E-state index contributed by atoms with van der Waals surface area (Å²) in [6.07, 6.45) is 1.86. The Balaban J connectivity index is 1.65. The van der Waals surface area contributed by atoms with Gasteiger partial charge in [-0.3, -0.25) is 9.67 Å². The van der Waals surface area contributed by atoms with Crippen LogP contribution in [0, 0.1) is 5.92 Å². The first-order valence-electron chi connectivity index (χ1n) is 8.57. The standard InChI is InChI=1S/C17H14F3N5O2S/c18-17(19,20)11-3-5-12(6-4-11)28(26,27)25-14(10-1-2-10)13-9-22-23-15(13)24-8-7-21-16(24)25/h3-10,14H,1-2H2,(H,22,23). The van der Waals surface area contributed by atoms with Crippen LogP contribution in [0.2, 0.25) is 0 Å². The Morgan fingerprint density at radius 1 is 1.14 bits per heavy atom. The highest BCUT2D eigenvalue weighted by atomic mass is 32.2. The number of hydrogen-bond acceptors (Lipinski definition) is 4. The fraction of sp³-hybridized carbons (Fsp3) is 0.294. The molecule has 5 rings (SSSR count). The zero-order valence-electron chi connectivity index (χ0n) is 14.3. The number of benzene rings is 1. The first-order valence-corrected chi connectivity index (χ1v) is 10.0. The molecule has 1 N–H and O–H groups in total. The predicted molar refractivity (Wildman–Crippen MR) is 92.3 cm³/mol. The number of aromatic nitrogens is 4. The van der Waals surface area contributed by atoms with Crippen LogP contribution >= 0.6 is 0 Å². The summed E-state index contributed by atoms with van der Waals surface area (Å²) in [7, 11) is -4.14. The van der Waals surface area contributed by atoms with Crippen LogP contribution in [0.25, 0.3) is 5.82 Å². The molecule has 0 radical (unpaired) electrons. The van der Waals surface area contributed by atoms with E-state index in [1.54, 1.807) is 17.0 Å². The Hall–Kier alpha value is -2.82. The number of alkyl halides is 3. The van der Waals surface area contributed by atoms with Crippen LogP contribution in [0.5, 0.6) is 0 Å². The Bertz CT molecular complexity index is 1150. The topological polar surface area (TPSA) is 83.9 Å². The molecule has 3 aromatic rings. The van der Waals surface area contributed by atoms with E-state index in [2.05, 4.69) is 15.2 Å². The van der Waals surface area contributed by atoms with Gasteiger partial charge >= 0.3 is 6.18 Å². The van der Waals surface area contributed by atoms with E-state index in [4.69, 9.17) is 0 Å². The maximum atomic E-state index is 13.4. The van der Waals surface area contributed by atoms with E-state index >= 15 is 0 Å². The lowest BCUT2D eigenvalue weighted by Gasteiger charge is -2.35. The number of hydrogen-bond donors (Lipinski definition) is 1. The molecule has 0 spiro atoms. The van der Waals surface area contributed by atoms with Crippen molar-refractivity contribution in [3.8, 4) is 5.82 Å². The van der Waals surface area contributed by atoms with Gasteiger partial charge < -0.3 is 0 Å². The van der Waals surface area contributed by atoms with Crippen molar-refractivity contribution in [1.82, 2.24) is 19.7 Å². The highest BCUT2D eigenvalue weighted by Gasteiger charge is 2.48. The summed E-state index contributed by atoms with van der Waals surface area (Å²) in [5.74, 6) is 0.947. The minimum Gasteiger partial charge on any atom is -0.269 e. The molecule has 0 amide bonds. The van der Waals surface area contributed by atoms with E-state index in [1.807, 2.05) is 0 Å². The zero-order valence-corrected chi connectivity index (χ0v) is 15.1. The molecule has 1 aliphatic heterocycles. The average molecular weight is 409 g/mol. The van der Waals surface area contributed by atoms with Gasteiger partial charge in [0.2, 0.25) is 5.95 Å². The van der Waals surface area contributed by atoms with Crippen LogP contribution in [-0.4, -0.2) is 28.2 Å². The lowest BCUT2D eigenvalue weighted by molar-refractivity contribution is -0.137. The van der Waals surface area contributed by atoms with Crippen LogP contribution in [0.3, 0.4) is 0 Å². The van der Waals surface area contributed by atoms with Gasteiger partial charge in [0.1, 0.15) is 5.82 Å². The molecule has 3 heterocycles. The van der Waals surface area contributed by atoms with E-state index in [0.29, 0.717) is 5.82 Å². The minimum absolute atomic E-state index is 0.103. The summed E-state index contributed by atoms with van der Waals surface area (Å²) in [5, 5.41) is 6.93. The molecule has 0 bridgehead atoms. The molecule has 146 valence electrons. The number of imidazole rings is 1. The number of aromatic amines is 1. The van der Waals surface area contributed by atoms with Crippen LogP contribution in [0.4, 0.5) is 19.1 Å². The van der Waals surface area contributed by atoms with E-state index in [9.17, 15) is 21.6 Å². The van der Waals surface area contributed by atoms with Crippen molar-refractivity contribution in [2.24, 2.45) is 5.92 Å². The molecule has 1 fully saturated rings. The van der Waals surface area contributed by atoms with Crippen molar-refractivity contribution >= 4 is 16.0 Å². The molecule has 11 heteroatoms. The van der Waals surface area contributed by atoms with E-state index in [-0.39, 0.29) is 16.8 Å². The van der Waals surface area contributed by atoms with Gasteiger partial charge in [-0.15, -0.1) is 0 Å². The van der Waals surface area contributed by atoms with Gasteiger partial charge in [-0.2, -0.15) is 18.3 Å². The Kier molecular flexibility index (Phi) is 3.46. The third kappa shape index (κ3) is 2.45. The number of nitrogens with one attached hydrogen (secondary N) is 1. The molecule has 1 aromatic carbocycles. The summed E-state index contributed by atoms with van der Waals surface area (Å²) < 4.78 is 68.2. The second-order valence-electron chi connectivity index (χ2n) is 6.88. The van der Waals surface area contributed by atoms with Crippen LogP contribution in [-0.2, 0) is 16.2 Å². The van der Waals surface area contributed by atoms with Gasteiger partial charge in [0.25, 0.3) is 10.0 Å². The SMILES string of the molecule is O=S(=O)(c1ccc(C(F)(F)F)cc1)N1c2nccn2-c2[nH]ncc2C1C1CC1.